The molecular weight excluding hydrogens is 520 g/mol. The lowest BCUT2D eigenvalue weighted by Gasteiger charge is -2.27. The first-order valence-corrected chi connectivity index (χ1v) is 13.3. The van der Waals surface area contributed by atoms with Crippen LogP contribution in [-0.2, 0) is 23.4 Å². The van der Waals surface area contributed by atoms with Crippen molar-refractivity contribution in [2.75, 3.05) is 18.1 Å². The third-order valence-corrected chi connectivity index (χ3v) is 7.00. The molecule has 8 heteroatoms. The number of amides is 1. The molecule has 0 spiro atoms. The molecule has 2 N–H and O–H groups in total. The Hall–Kier alpha value is -2.55. The van der Waals surface area contributed by atoms with Crippen LogP contribution in [-0.4, -0.2) is 44.3 Å². The molecule has 7 nitrogen and oxygen atoms in total. The van der Waals surface area contributed by atoms with Gasteiger partial charge in [-0.05, 0) is 58.2 Å². The summed E-state index contributed by atoms with van der Waals surface area (Å²) in [6.45, 7) is 9.24. The predicted octanol–water partition coefficient (Wildman–Crippen LogP) is 5.08. The molecule has 2 aromatic rings. The number of aromatic nitrogens is 3. The van der Waals surface area contributed by atoms with E-state index in [0.717, 1.165) is 28.7 Å². The Labute approximate surface area is 222 Å². The number of rotatable bonds is 12. The molecule has 0 bridgehead atoms. The van der Waals surface area contributed by atoms with Crippen LogP contribution >= 0.6 is 15.9 Å². The molecular formula is C28H37BrN4O3. The number of fused-ring (bicyclic) bond motifs is 1. The van der Waals surface area contributed by atoms with Crippen LogP contribution in [0.4, 0.5) is 5.69 Å². The van der Waals surface area contributed by atoms with Gasteiger partial charge in [0.05, 0.1) is 11.4 Å². The van der Waals surface area contributed by atoms with E-state index in [0.29, 0.717) is 31.5 Å². The molecule has 0 unspecified atom stereocenters. The zero-order valence-corrected chi connectivity index (χ0v) is 23.2. The van der Waals surface area contributed by atoms with E-state index in [4.69, 9.17) is 5.11 Å². The number of carbonyl (C=O) groups excluding carboxylic acids is 1. The zero-order valence-electron chi connectivity index (χ0n) is 21.6. The molecule has 3 rings (SSSR count). The first-order chi connectivity index (χ1) is 17.2. The van der Waals surface area contributed by atoms with Gasteiger partial charge in [0.2, 0.25) is 0 Å². The number of hydrogen-bond donors (Lipinski definition) is 2. The molecule has 1 aliphatic heterocycles. The summed E-state index contributed by atoms with van der Waals surface area (Å²) in [6, 6.07) is 5.65. The van der Waals surface area contributed by atoms with Crippen molar-refractivity contribution in [2.24, 2.45) is 5.92 Å². The Bertz CT molecular complexity index is 1150. The fraction of sp³-hybridized carbons (Fsp3) is 0.464. The van der Waals surface area contributed by atoms with Crippen LogP contribution in [0.2, 0.25) is 0 Å². The summed E-state index contributed by atoms with van der Waals surface area (Å²) in [5.41, 5.74) is 3.01. The molecule has 36 heavy (non-hydrogen) atoms. The number of allylic oxidation sites excluding steroid dienone is 4. The fourth-order valence-electron chi connectivity index (χ4n) is 4.36. The number of nitrogens with zero attached hydrogens (tertiary/aromatic N) is 4. The highest BCUT2D eigenvalue weighted by atomic mass is 79.9. The standard InChI is InChI=1S/C28H37BrN4O3/c1-20(2)8-7-9-21(3)13-16-33-26-12-11-23(29)18-25(26)28(36,27(33)35)22(4)10-5-6-15-32-19-24(14-17-34)30-31-32/h5,8,10-13,18-19,22,34,36H,6-7,9,14-17H2,1-4H3/b10-5+,21-13+/t22-,28+/m1/s1. The normalized spacial score (nSPS) is 18.7. The summed E-state index contributed by atoms with van der Waals surface area (Å²) in [5.74, 6) is -0.725. The fourth-order valence-corrected chi connectivity index (χ4v) is 4.72. The van der Waals surface area contributed by atoms with E-state index in [1.807, 2.05) is 43.5 Å². The van der Waals surface area contributed by atoms with Crippen molar-refractivity contribution in [1.29, 1.82) is 0 Å². The third kappa shape index (κ3) is 6.60. The van der Waals surface area contributed by atoms with Gasteiger partial charge in [-0.1, -0.05) is 63.5 Å². The zero-order chi connectivity index (χ0) is 26.3. The number of aliphatic hydroxyl groups is 2. The number of anilines is 1. The second-order valence-corrected chi connectivity index (χ2v) is 10.6. The third-order valence-electron chi connectivity index (χ3n) is 6.51. The topological polar surface area (TPSA) is 91.5 Å². The van der Waals surface area contributed by atoms with Crippen molar-refractivity contribution in [3.8, 4) is 0 Å². The molecule has 0 fully saturated rings. The largest absolute Gasteiger partial charge is 0.396 e. The van der Waals surface area contributed by atoms with Crippen molar-refractivity contribution in [1.82, 2.24) is 15.0 Å². The van der Waals surface area contributed by atoms with Gasteiger partial charge in [-0.3, -0.25) is 9.48 Å². The highest BCUT2D eigenvalue weighted by Gasteiger charge is 2.52. The highest BCUT2D eigenvalue weighted by molar-refractivity contribution is 9.10. The number of benzene rings is 1. The van der Waals surface area contributed by atoms with Crippen LogP contribution in [0, 0.1) is 5.92 Å². The van der Waals surface area contributed by atoms with E-state index >= 15 is 0 Å². The monoisotopic (exact) mass is 556 g/mol. The van der Waals surface area contributed by atoms with Crippen molar-refractivity contribution < 1.29 is 15.0 Å². The highest BCUT2D eigenvalue weighted by Crippen LogP contribution is 2.46. The average Bonchev–Trinajstić information content (AvgIpc) is 3.36. The Morgan fingerprint density at radius 1 is 1.22 bits per heavy atom. The Morgan fingerprint density at radius 3 is 2.72 bits per heavy atom. The Balaban J connectivity index is 1.72. The minimum atomic E-state index is -1.64. The summed E-state index contributed by atoms with van der Waals surface area (Å²) in [7, 11) is 0. The molecule has 0 radical (unpaired) electrons. The summed E-state index contributed by atoms with van der Waals surface area (Å²) in [5, 5.41) is 28.9. The quantitative estimate of drug-likeness (QED) is 0.355. The predicted molar refractivity (Wildman–Crippen MR) is 147 cm³/mol. The molecule has 1 aromatic carbocycles. The maximum atomic E-state index is 13.6. The molecule has 0 aliphatic carbocycles. The Kier molecular flexibility index (Phi) is 9.82. The lowest BCUT2D eigenvalue weighted by molar-refractivity contribution is -0.139. The van der Waals surface area contributed by atoms with E-state index in [1.54, 1.807) is 9.58 Å². The molecule has 1 amide bonds. The second-order valence-electron chi connectivity index (χ2n) is 9.67. The van der Waals surface area contributed by atoms with Gasteiger partial charge in [-0.25, -0.2) is 0 Å². The number of aliphatic hydroxyl groups excluding tert-OH is 1. The summed E-state index contributed by atoms with van der Waals surface area (Å²) in [4.78, 5) is 15.3. The van der Waals surface area contributed by atoms with E-state index in [1.165, 1.54) is 11.1 Å². The minimum absolute atomic E-state index is 0.0442. The minimum Gasteiger partial charge on any atom is -0.396 e. The van der Waals surface area contributed by atoms with Crippen molar-refractivity contribution in [2.45, 2.75) is 65.5 Å². The van der Waals surface area contributed by atoms with Crippen LogP contribution in [0.1, 0.15) is 58.2 Å². The number of halogens is 1. The molecule has 0 saturated heterocycles. The van der Waals surface area contributed by atoms with Crippen LogP contribution in [0.3, 0.4) is 0 Å². The molecule has 1 aliphatic rings. The summed E-state index contributed by atoms with van der Waals surface area (Å²) in [6.07, 6.45) is 13.1. The van der Waals surface area contributed by atoms with Crippen LogP contribution in [0.25, 0.3) is 0 Å². The molecule has 1 aromatic heterocycles. The summed E-state index contributed by atoms with van der Waals surface area (Å²) >= 11 is 3.50. The van der Waals surface area contributed by atoms with Gasteiger partial charge >= 0.3 is 0 Å². The van der Waals surface area contributed by atoms with E-state index in [-0.39, 0.29) is 12.5 Å². The maximum Gasteiger partial charge on any atom is 0.264 e. The van der Waals surface area contributed by atoms with Gasteiger partial charge in [-0.15, -0.1) is 5.10 Å². The van der Waals surface area contributed by atoms with Gasteiger partial charge in [0.25, 0.3) is 5.91 Å². The molecule has 2 heterocycles. The van der Waals surface area contributed by atoms with Gasteiger partial charge < -0.3 is 15.1 Å². The number of hydrogen-bond acceptors (Lipinski definition) is 5. The van der Waals surface area contributed by atoms with E-state index < -0.39 is 11.5 Å². The molecule has 0 saturated carbocycles. The van der Waals surface area contributed by atoms with E-state index in [2.05, 4.69) is 59.2 Å². The lowest BCUT2D eigenvalue weighted by Crippen LogP contribution is -2.44. The number of carbonyl (C=O) groups is 1. The van der Waals surface area contributed by atoms with Gasteiger partial charge in [0, 0.05) is 48.3 Å². The van der Waals surface area contributed by atoms with Gasteiger partial charge in [0.1, 0.15) is 0 Å². The van der Waals surface area contributed by atoms with Crippen molar-refractivity contribution >= 4 is 27.5 Å². The van der Waals surface area contributed by atoms with Crippen LogP contribution < -0.4 is 4.90 Å². The van der Waals surface area contributed by atoms with Crippen LogP contribution in [0.15, 0.2) is 64.3 Å². The first kappa shape index (κ1) is 28.0. The SMILES string of the molecule is CC(C)=CCC/C(C)=C/CN1C(=O)[C@](O)([C@H](C)/C=C/CCn2cc(CCO)nn2)c2cc(Br)ccc21. The summed E-state index contributed by atoms with van der Waals surface area (Å²) < 4.78 is 2.55. The van der Waals surface area contributed by atoms with Crippen molar-refractivity contribution in [3.63, 3.8) is 0 Å². The van der Waals surface area contributed by atoms with Crippen LogP contribution in [0.5, 0.6) is 0 Å². The molecule has 194 valence electrons. The van der Waals surface area contributed by atoms with Gasteiger partial charge in [-0.2, -0.15) is 0 Å². The number of aryl methyl sites for hydroxylation is 1. The Morgan fingerprint density at radius 2 is 2.00 bits per heavy atom. The first-order valence-electron chi connectivity index (χ1n) is 12.5. The second kappa shape index (κ2) is 12.6. The molecule has 2 atom stereocenters. The lowest BCUT2D eigenvalue weighted by atomic mass is 9.83. The van der Waals surface area contributed by atoms with Gasteiger partial charge in [0.15, 0.2) is 5.60 Å². The smallest absolute Gasteiger partial charge is 0.264 e. The average molecular weight is 558 g/mol. The van der Waals surface area contributed by atoms with Crippen molar-refractivity contribution in [3.05, 3.63) is 75.6 Å². The van der Waals surface area contributed by atoms with E-state index in [9.17, 15) is 9.90 Å². The maximum absolute atomic E-state index is 13.6.